The summed E-state index contributed by atoms with van der Waals surface area (Å²) in [5.74, 6) is -2.56. The van der Waals surface area contributed by atoms with Crippen molar-refractivity contribution in [2.45, 2.75) is 12.4 Å². The number of fused-ring (bicyclic) bond motifs is 1. The Hall–Kier alpha value is -4.97. The molecule has 1 saturated heterocycles. The van der Waals surface area contributed by atoms with Crippen molar-refractivity contribution >= 4 is 23.2 Å². The number of carbonyl (C=O) groups excluding carboxylic acids is 2. The lowest BCUT2D eigenvalue weighted by Gasteiger charge is -2.39. The zero-order chi connectivity index (χ0) is 30.2. The normalized spacial score (nSPS) is 14.9. The van der Waals surface area contributed by atoms with E-state index in [0.29, 0.717) is 30.0 Å². The standard InChI is InChI=1S/C27H26F3N9O3/c1-35(2)24(40)25(42-26(41)27(28,29)30)38-8-6-37(7-9-38)22-5-4-17(12-32-22)21-10-18(20-14-33-36(3)15-20)16-39-23(21)19(11-31)13-34-39/h4-5,10,12-16,25H,6-9H2,1-3H3. The lowest BCUT2D eigenvalue weighted by atomic mass is 10.0. The highest BCUT2D eigenvalue weighted by Gasteiger charge is 2.45. The molecule has 1 aliphatic heterocycles. The van der Waals surface area contributed by atoms with Gasteiger partial charge in [-0.1, -0.05) is 0 Å². The Labute approximate surface area is 238 Å². The highest BCUT2D eigenvalue weighted by molar-refractivity contribution is 5.87. The van der Waals surface area contributed by atoms with E-state index in [0.717, 1.165) is 27.2 Å². The zero-order valence-electron chi connectivity index (χ0n) is 22.9. The number of carbonyl (C=O) groups is 2. The maximum absolute atomic E-state index is 12.8. The number of piperazine rings is 1. The minimum Gasteiger partial charge on any atom is -0.430 e. The highest BCUT2D eigenvalue weighted by atomic mass is 19.4. The van der Waals surface area contributed by atoms with Crippen LogP contribution in [-0.2, 0) is 21.4 Å². The van der Waals surface area contributed by atoms with E-state index in [1.54, 1.807) is 21.6 Å². The van der Waals surface area contributed by atoms with Crippen LogP contribution in [0.5, 0.6) is 0 Å². The number of nitrogens with zero attached hydrogens (tertiary/aromatic N) is 9. The van der Waals surface area contributed by atoms with E-state index in [1.165, 1.54) is 25.2 Å². The smallest absolute Gasteiger partial charge is 0.430 e. The molecule has 0 aromatic carbocycles. The summed E-state index contributed by atoms with van der Waals surface area (Å²) < 4.78 is 46.4. The van der Waals surface area contributed by atoms with Gasteiger partial charge in [-0.2, -0.15) is 28.6 Å². The maximum atomic E-state index is 12.8. The second-order valence-electron chi connectivity index (χ2n) is 9.92. The number of ether oxygens (including phenoxy) is 1. The Kier molecular flexibility index (Phi) is 7.57. The van der Waals surface area contributed by atoms with Crippen molar-refractivity contribution < 1.29 is 27.5 Å². The number of hydrogen-bond acceptors (Lipinski definition) is 9. The summed E-state index contributed by atoms with van der Waals surface area (Å²) in [6.07, 6.45) is 1.73. The minimum atomic E-state index is -5.22. The lowest BCUT2D eigenvalue weighted by Crippen LogP contribution is -2.57. The van der Waals surface area contributed by atoms with Crippen LogP contribution in [-0.4, -0.2) is 98.7 Å². The average Bonchev–Trinajstić information content (AvgIpc) is 3.60. The van der Waals surface area contributed by atoms with Crippen molar-refractivity contribution in [3.63, 3.8) is 0 Å². The predicted octanol–water partition coefficient (Wildman–Crippen LogP) is 2.31. The van der Waals surface area contributed by atoms with Crippen LogP contribution in [0.4, 0.5) is 19.0 Å². The number of rotatable bonds is 6. The first-order valence-corrected chi connectivity index (χ1v) is 12.8. The second kappa shape index (κ2) is 11.1. The van der Waals surface area contributed by atoms with E-state index in [-0.39, 0.29) is 13.1 Å². The molecule has 0 radical (unpaired) electrons. The molecule has 0 N–H and O–H groups in total. The van der Waals surface area contributed by atoms with Gasteiger partial charge in [0.1, 0.15) is 11.9 Å². The number of amides is 1. The van der Waals surface area contributed by atoms with Crippen molar-refractivity contribution in [1.29, 1.82) is 5.26 Å². The monoisotopic (exact) mass is 581 g/mol. The molecular formula is C27H26F3N9O3. The maximum Gasteiger partial charge on any atom is 0.490 e. The number of halogens is 3. The molecule has 42 heavy (non-hydrogen) atoms. The molecule has 0 saturated carbocycles. The van der Waals surface area contributed by atoms with Gasteiger partial charge in [0.25, 0.3) is 5.91 Å². The molecule has 12 nitrogen and oxygen atoms in total. The molecule has 0 bridgehead atoms. The van der Waals surface area contributed by atoms with E-state index in [4.69, 9.17) is 0 Å². The van der Waals surface area contributed by atoms with E-state index in [1.807, 2.05) is 42.5 Å². The molecule has 4 aromatic heterocycles. The number of likely N-dealkylation sites (N-methyl/N-ethyl adjacent to an activating group) is 1. The van der Waals surface area contributed by atoms with Crippen LogP contribution in [0.1, 0.15) is 5.56 Å². The van der Waals surface area contributed by atoms with Crippen molar-refractivity contribution in [2.75, 3.05) is 45.2 Å². The molecule has 1 aliphatic rings. The fourth-order valence-corrected chi connectivity index (χ4v) is 4.74. The van der Waals surface area contributed by atoms with Crippen LogP contribution in [0, 0.1) is 11.3 Å². The summed E-state index contributed by atoms with van der Waals surface area (Å²) in [5, 5.41) is 18.2. The number of esters is 1. The van der Waals surface area contributed by atoms with Crippen LogP contribution in [0.3, 0.4) is 0 Å². The average molecular weight is 582 g/mol. The van der Waals surface area contributed by atoms with Gasteiger partial charge in [0.15, 0.2) is 0 Å². The molecule has 1 amide bonds. The minimum absolute atomic E-state index is 0.161. The third kappa shape index (κ3) is 5.61. The summed E-state index contributed by atoms with van der Waals surface area (Å²) in [5.41, 5.74) is 4.29. The van der Waals surface area contributed by atoms with Crippen LogP contribution >= 0.6 is 0 Å². The van der Waals surface area contributed by atoms with E-state index >= 15 is 0 Å². The first-order chi connectivity index (χ1) is 20.0. The topological polar surface area (TPSA) is 125 Å². The van der Waals surface area contributed by atoms with Gasteiger partial charge in [-0.15, -0.1) is 0 Å². The molecule has 1 fully saturated rings. The molecule has 0 spiro atoms. The molecule has 15 heteroatoms. The van der Waals surface area contributed by atoms with E-state index in [9.17, 15) is 28.0 Å². The second-order valence-corrected chi connectivity index (χ2v) is 9.92. The van der Waals surface area contributed by atoms with Crippen molar-refractivity contribution in [2.24, 2.45) is 7.05 Å². The number of pyridine rings is 2. The number of alkyl halides is 3. The van der Waals surface area contributed by atoms with Crippen LogP contribution in [0.2, 0.25) is 0 Å². The summed E-state index contributed by atoms with van der Waals surface area (Å²) in [6.45, 7) is 0.978. The molecule has 1 unspecified atom stereocenters. The molecule has 5 heterocycles. The fraction of sp³-hybridized carbons (Fsp3) is 0.333. The summed E-state index contributed by atoms with van der Waals surface area (Å²) in [7, 11) is 4.58. The molecule has 5 rings (SSSR count). The number of nitriles is 1. The van der Waals surface area contributed by atoms with Gasteiger partial charge in [0.2, 0.25) is 6.23 Å². The Bertz CT molecular complexity index is 1660. The number of aryl methyl sites for hydroxylation is 1. The van der Waals surface area contributed by atoms with Crippen LogP contribution in [0.25, 0.3) is 27.8 Å². The molecule has 4 aromatic rings. The van der Waals surface area contributed by atoms with E-state index < -0.39 is 24.3 Å². The summed E-state index contributed by atoms with van der Waals surface area (Å²) >= 11 is 0. The van der Waals surface area contributed by atoms with Crippen LogP contribution in [0.15, 0.2) is 49.2 Å². The van der Waals surface area contributed by atoms with Crippen molar-refractivity contribution in [3.8, 4) is 28.3 Å². The Morgan fingerprint density at radius 1 is 1.02 bits per heavy atom. The zero-order valence-corrected chi connectivity index (χ0v) is 22.9. The van der Waals surface area contributed by atoms with Crippen molar-refractivity contribution in [1.82, 2.24) is 34.2 Å². The Morgan fingerprint density at radius 3 is 2.33 bits per heavy atom. The first kappa shape index (κ1) is 28.6. The molecule has 218 valence electrons. The predicted molar refractivity (Wildman–Crippen MR) is 144 cm³/mol. The molecule has 0 aliphatic carbocycles. The van der Waals surface area contributed by atoms with Gasteiger partial charge >= 0.3 is 12.1 Å². The largest absolute Gasteiger partial charge is 0.490 e. The molecule has 1 atom stereocenters. The SMILES string of the molecule is CN(C)C(=O)C(OC(=O)C(F)(F)F)N1CCN(c2ccc(-c3cc(-c4cnn(C)c4)cn4ncc(C#N)c34)cn2)CC1. The summed E-state index contributed by atoms with van der Waals surface area (Å²) in [6, 6.07) is 7.82. The summed E-state index contributed by atoms with van der Waals surface area (Å²) in [4.78, 5) is 33.1. The quantitative estimate of drug-likeness (QED) is 0.316. The Morgan fingerprint density at radius 2 is 1.76 bits per heavy atom. The van der Waals surface area contributed by atoms with Gasteiger partial charge in [-0.3, -0.25) is 14.4 Å². The van der Waals surface area contributed by atoms with Gasteiger partial charge in [0.05, 0.1) is 23.5 Å². The van der Waals surface area contributed by atoms with E-state index in [2.05, 4.69) is 26.0 Å². The van der Waals surface area contributed by atoms with Crippen molar-refractivity contribution in [3.05, 3.63) is 54.7 Å². The lowest BCUT2D eigenvalue weighted by molar-refractivity contribution is -0.214. The Balaban J connectivity index is 1.36. The third-order valence-electron chi connectivity index (χ3n) is 6.90. The first-order valence-electron chi connectivity index (χ1n) is 12.8. The van der Waals surface area contributed by atoms with Gasteiger partial charge in [-0.05, 0) is 18.2 Å². The number of hydrogen-bond donors (Lipinski definition) is 0. The molecular weight excluding hydrogens is 555 g/mol. The number of aromatic nitrogens is 5. The third-order valence-corrected chi connectivity index (χ3v) is 6.90. The van der Waals surface area contributed by atoms with Crippen LogP contribution < -0.4 is 4.90 Å². The highest BCUT2D eigenvalue weighted by Crippen LogP contribution is 2.32. The van der Waals surface area contributed by atoms with Gasteiger partial charge < -0.3 is 14.5 Å². The van der Waals surface area contributed by atoms with Gasteiger partial charge in [0, 0.05) is 88.2 Å². The number of anilines is 1. The fourth-order valence-electron chi connectivity index (χ4n) is 4.74. The van der Waals surface area contributed by atoms with Gasteiger partial charge in [-0.25, -0.2) is 14.3 Å².